The third-order valence-corrected chi connectivity index (χ3v) is 4.37. The molecular weight excluding hydrogens is 378 g/mol. The Hall–Kier alpha value is -3.25. The van der Waals surface area contributed by atoms with E-state index in [1.807, 2.05) is 24.3 Å². The first-order chi connectivity index (χ1) is 13.4. The standard InChI is InChI=1S/C21H18ClN3O3/c1-14(26)24-19(11-17-7-3-4-9-20(17)24)12-21(28)25(15(2)27)23-13-16-6-5-8-18(22)10-16/h3-11,13H,12H2,1-2H3/b23-13-. The average Bonchev–Trinajstić information content (AvgIpc) is 2.99. The van der Waals surface area contributed by atoms with Crippen LogP contribution in [0.15, 0.2) is 59.7 Å². The fourth-order valence-corrected chi connectivity index (χ4v) is 3.18. The summed E-state index contributed by atoms with van der Waals surface area (Å²) in [4.78, 5) is 36.8. The van der Waals surface area contributed by atoms with Gasteiger partial charge in [-0.15, -0.1) is 0 Å². The quantitative estimate of drug-likeness (QED) is 0.496. The Kier molecular flexibility index (Phi) is 5.70. The minimum absolute atomic E-state index is 0.138. The summed E-state index contributed by atoms with van der Waals surface area (Å²) in [5.74, 6) is -1.26. The number of para-hydroxylation sites is 1. The van der Waals surface area contributed by atoms with E-state index in [4.69, 9.17) is 11.6 Å². The van der Waals surface area contributed by atoms with Gasteiger partial charge < -0.3 is 0 Å². The topological polar surface area (TPSA) is 71.7 Å². The van der Waals surface area contributed by atoms with E-state index in [9.17, 15) is 14.4 Å². The zero-order chi connectivity index (χ0) is 20.3. The van der Waals surface area contributed by atoms with Crippen molar-refractivity contribution < 1.29 is 14.4 Å². The predicted octanol–water partition coefficient (Wildman–Crippen LogP) is 3.91. The van der Waals surface area contributed by atoms with E-state index in [1.54, 1.807) is 30.3 Å². The second-order valence-electron chi connectivity index (χ2n) is 6.25. The normalized spacial score (nSPS) is 11.1. The molecule has 1 aromatic heterocycles. The van der Waals surface area contributed by atoms with Crippen molar-refractivity contribution in [3.63, 3.8) is 0 Å². The van der Waals surface area contributed by atoms with E-state index in [2.05, 4.69) is 5.10 Å². The van der Waals surface area contributed by atoms with Crippen LogP contribution < -0.4 is 0 Å². The van der Waals surface area contributed by atoms with Crippen molar-refractivity contribution >= 4 is 46.4 Å². The average molecular weight is 396 g/mol. The largest absolute Gasteiger partial charge is 0.284 e. The van der Waals surface area contributed by atoms with Crippen molar-refractivity contribution in [1.29, 1.82) is 0 Å². The van der Waals surface area contributed by atoms with Gasteiger partial charge in [0.25, 0.3) is 5.91 Å². The molecule has 0 unspecified atom stereocenters. The zero-order valence-electron chi connectivity index (χ0n) is 15.4. The lowest BCUT2D eigenvalue weighted by Crippen LogP contribution is -2.32. The molecule has 0 aliphatic carbocycles. The number of carbonyl (C=O) groups excluding carboxylic acids is 3. The molecule has 0 atom stereocenters. The lowest BCUT2D eigenvalue weighted by atomic mass is 10.2. The number of hydrazone groups is 1. The predicted molar refractivity (Wildman–Crippen MR) is 109 cm³/mol. The fraction of sp³-hybridized carbons (Fsp3) is 0.143. The summed E-state index contributed by atoms with van der Waals surface area (Å²) in [7, 11) is 0. The van der Waals surface area contributed by atoms with E-state index < -0.39 is 11.8 Å². The van der Waals surface area contributed by atoms with Crippen LogP contribution in [0.25, 0.3) is 10.9 Å². The van der Waals surface area contributed by atoms with Crippen molar-refractivity contribution in [3.8, 4) is 0 Å². The molecule has 3 rings (SSSR count). The second kappa shape index (κ2) is 8.19. The van der Waals surface area contributed by atoms with Crippen molar-refractivity contribution in [2.75, 3.05) is 0 Å². The minimum atomic E-state index is -0.531. The Bertz CT molecular complexity index is 1100. The number of amides is 2. The van der Waals surface area contributed by atoms with Gasteiger partial charge in [-0.05, 0) is 29.8 Å². The Labute approximate surface area is 167 Å². The van der Waals surface area contributed by atoms with Gasteiger partial charge in [0.05, 0.1) is 18.2 Å². The van der Waals surface area contributed by atoms with Crippen LogP contribution in [0, 0.1) is 0 Å². The molecule has 0 aliphatic rings. The lowest BCUT2D eigenvalue weighted by molar-refractivity contribution is -0.143. The number of imide groups is 1. The molecule has 7 heteroatoms. The van der Waals surface area contributed by atoms with Crippen molar-refractivity contribution in [3.05, 3.63) is 70.9 Å². The van der Waals surface area contributed by atoms with Crippen LogP contribution in [0.1, 0.15) is 29.9 Å². The lowest BCUT2D eigenvalue weighted by Gasteiger charge is -2.14. The molecule has 2 aromatic carbocycles. The molecule has 0 saturated carbocycles. The van der Waals surface area contributed by atoms with Crippen LogP contribution in [-0.4, -0.2) is 33.5 Å². The number of carbonyl (C=O) groups is 3. The molecule has 0 fully saturated rings. The molecule has 28 heavy (non-hydrogen) atoms. The first kappa shape index (κ1) is 19.5. The zero-order valence-corrected chi connectivity index (χ0v) is 16.2. The summed E-state index contributed by atoms with van der Waals surface area (Å²) >= 11 is 5.93. The van der Waals surface area contributed by atoms with Crippen molar-refractivity contribution in [1.82, 2.24) is 9.58 Å². The maximum atomic E-state index is 12.7. The van der Waals surface area contributed by atoms with Crippen LogP contribution in [-0.2, 0) is 16.0 Å². The Morgan fingerprint density at radius 1 is 1.07 bits per heavy atom. The summed E-state index contributed by atoms with van der Waals surface area (Å²) in [6.07, 6.45) is 1.26. The van der Waals surface area contributed by atoms with Crippen LogP contribution in [0.5, 0.6) is 0 Å². The number of benzene rings is 2. The number of fused-ring (bicyclic) bond motifs is 1. The van der Waals surface area contributed by atoms with E-state index in [0.717, 1.165) is 15.9 Å². The molecule has 3 aromatic rings. The smallest absolute Gasteiger partial charge is 0.255 e. The third kappa shape index (κ3) is 4.18. The molecule has 2 amide bonds. The molecule has 6 nitrogen and oxygen atoms in total. The fourth-order valence-electron chi connectivity index (χ4n) is 2.98. The Morgan fingerprint density at radius 2 is 1.82 bits per heavy atom. The van der Waals surface area contributed by atoms with Gasteiger partial charge in [-0.1, -0.05) is 41.9 Å². The maximum absolute atomic E-state index is 12.7. The first-order valence-corrected chi connectivity index (χ1v) is 8.98. The number of nitrogens with zero attached hydrogens (tertiary/aromatic N) is 3. The van der Waals surface area contributed by atoms with Gasteiger partial charge in [0.1, 0.15) is 0 Å². The summed E-state index contributed by atoms with van der Waals surface area (Å²) in [5.41, 5.74) is 1.88. The molecule has 0 bridgehead atoms. The van der Waals surface area contributed by atoms with Crippen molar-refractivity contribution in [2.24, 2.45) is 5.10 Å². The summed E-state index contributed by atoms with van der Waals surface area (Å²) in [6, 6.07) is 16.0. The van der Waals surface area contributed by atoms with Gasteiger partial charge in [-0.2, -0.15) is 10.1 Å². The Balaban J connectivity index is 1.89. The van der Waals surface area contributed by atoms with E-state index in [1.165, 1.54) is 24.6 Å². The van der Waals surface area contributed by atoms with Gasteiger partial charge in [0, 0.05) is 30.0 Å². The number of rotatable bonds is 4. The first-order valence-electron chi connectivity index (χ1n) is 8.60. The monoisotopic (exact) mass is 395 g/mol. The highest BCUT2D eigenvalue weighted by Gasteiger charge is 2.21. The van der Waals surface area contributed by atoms with Gasteiger partial charge in [0.15, 0.2) is 0 Å². The molecule has 142 valence electrons. The highest BCUT2D eigenvalue weighted by atomic mass is 35.5. The van der Waals surface area contributed by atoms with E-state index in [-0.39, 0.29) is 12.3 Å². The third-order valence-electron chi connectivity index (χ3n) is 4.14. The van der Waals surface area contributed by atoms with Crippen LogP contribution in [0.2, 0.25) is 5.02 Å². The Morgan fingerprint density at radius 3 is 2.50 bits per heavy atom. The SMILES string of the molecule is CC(=O)N(/N=C\c1cccc(Cl)c1)C(=O)Cc1cc2ccccc2n1C(C)=O. The van der Waals surface area contributed by atoms with Crippen molar-refractivity contribution in [2.45, 2.75) is 20.3 Å². The van der Waals surface area contributed by atoms with E-state index in [0.29, 0.717) is 16.3 Å². The summed E-state index contributed by atoms with van der Waals surface area (Å²) in [5, 5.41) is 6.18. The molecule has 0 spiro atoms. The number of hydrogen-bond acceptors (Lipinski definition) is 4. The minimum Gasteiger partial charge on any atom is -0.284 e. The van der Waals surface area contributed by atoms with Crippen LogP contribution >= 0.6 is 11.6 Å². The second-order valence-corrected chi connectivity index (χ2v) is 6.69. The molecule has 0 aliphatic heterocycles. The molecule has 1 heterocycles. The van der Waals surface area contributed by atoms with Gasteiger partial charge in [-0.3, -0.25) is 19.0 Å². The summed E-state index contributed by atoms with van der Waals surface area (Å²) in [6.45, 7) is 2.69. The van der Waals surface area contributed by atoms with Crippen LogP contribution in [0.4, 0.5) is 0 Å². The maximum Gasteiger partial charge on any atom is 0.255 e. The summed E-state index contributed by atoms with van der Waals surface area (Å²) < 4.78 is 1.48. The molecule has 0 radical (unpaired) electrons. The van der Waals surface area contributed by atoms with Gasteiger partial charge in [-0.25, -0.2) is 0 Å². The van der Waals surface area contributed by atoms with Gasteiger partial charge in [0.2, 0.25) is 11.8 Å². The number of hydrogen-bond donors (Lipinski definition) is 0. The highest BCUT2D eigenvalue weighted by molar-refractivity contribution is 6.30. The number of aromatic nitrogens is 1. The van der Waals surface area contributed by atoms with Gasteiger partial charge >= 0.3 is 0 Å². The number of halogens is 1. The highest BCUT2D eigenvalue weighted by Crippen LogP contribution is 2.21. The molecule has 0 N–H and O–H groups in total. The molecular formula is C21H18ClN3O3. The van der Waals surface area contributed by atoms with Crippen LogP contribution in [0.3, 0.4) is 0 Å². The molecule has 0 saturated heterocycles. The van der Waals surface area contributed by atoms with E-state index >= 15 is 0 Å².